The van der Waals surface area contributed by atoms with Crippen LogP contribution in [0.2, 0.25) is 0 Å². The van der Waals surface area contributed by atoms with Gasteiger partial charge in [0.05, 0.1) is 12.6 Å². The van der Waals surface area contributed by atoms with Crippen LogP contribution in [0.25, 0.3) is 0 Å². The number of allylic oxidation sites excluding steroid dienone is 6. The van der Waals surface area contributed by atoms with Crippen molar-refractivity contribution in [2.75, 3.05) is 0 Å². The number of hydrogen-bond acceptors (Lipinski definition) is 5. The summed E-state index contributed by atoms with van der Waals surface area (Å²) in [5.41, 5.74) is 2.52. The van der Waals surface area contributed by atoms with E-state index in [4.69, 9.17) is 0 Å². The minimum absolute atomic E-state index is 0.137. The first-order valence-electron chi connectivity index (χ1n) is 10.1. The number of aromatic hydroxyl groups is 1. The second-order valence-corrected chi connectivity index (χ2v) is 8.37. The van der Waals surface area contributed by atoms with Crippen molar-refractivity contribution >= 4 is 11.6 Å². The molecule has 0 bridgehead atoms. The van der Waals surface area contributed by atoms with Crippen molar-refractivity contribution in [1.82, 2.24) is 13.9 Å². The van der Waals surface area contributed by atoms with Gasteiger partial charge in [-0.05, 0) is 42.7 Å². The van der Waals surface area contributed by atoms with Crippen LogP contribution in [0.5, 0.6) is 5.75 Å². The first-order valence-corrected chi connectivity index (χ1v) is 10.1. The Labute approximate surface area is 177 Å². The van der Waals surface area contributed by atoms with Gasteiger partial charge in [0.25, 0.3) is 0 Å². The van der Waals surface area contributed by atoms with Gasteiger partial charge in [-0.1, -0.05) is 18.2 Å². The third-order valence-electron chi connectivity index (χ3n) is 6.57. The average Bonchev–Trinajstić information content (AvgIpc) is 2.97. The fourth-order valence-corrected chi connectivity index (χ4v) is 5.00. The summed E-state index contributed by atoms with van der Waals surface area (Å²) in [4.78, 5) is 51.5. The van der Waals surface area contributed by atoms with Crippen LogP contribution < -0.4 is 11.4 Å². The van der Waals surface area contributed by atoms with E-state index >= 15 is 0 Å². The molecule has 2 unspecified atom stereocenters. The number of ketones is 2. The topological polar surface area (TPSA) is 103 Å². The van der Waals surface area contributed by atoms with Crippen molar-refractivity contribution in [3.05, 3.63) is 84.7 Å². The van der Waals surface area contributed by atoms with Crippen LogP contribution in [-0.4, -0.2) is 30.6 Å². The Kier molecular flexibility index (Phi) is 3.99. The molecule has 0 saturated carbocycles. The lowest BCUT2D eigenvalue weighted by Crippen LogP contribution is -2.40. The summed E-state index contributed by atoms with van der Waals surface area (Å²) < 4.78 is 3.84. The van der Waals surface area contributed by atoms with Crippen LogP contribution in [0.1, 0.15) is 36.4 Å². The molecule has 1 N–H and O–H groups in total. The number of phenols is 1. The Morgan fingerprint density at radius 1 is 1.06 bits per heavy atom. The van der Waals surface area contributed by atoms with E-state index in [9.17, 15) is 24.3 Å². The lowest BCUT2D eigenvalue weighted by atomic mass is 9.68. The van der Waals surface area contributed by atoms with Crippen molar-refractivity contribution in [2.45, 2.75) is 38.8 Å². The molecule has 158 valence electrons. The molecule has 2 heterocycles. The van der Waals surface area contributed by atoms with Crippen LogP contribution in [-0.2, 0) is 23.2 Å². The molecule has 8 heteroatoms. The average molecular weight is 419 g/mol. The Morgan fingerprint density at radius 3 is 2.52 bits per heavy atom. The standard InChI is InChI=1S/C23H21N3O5/c1-11-8-13(4-5-17(11)27)19-14-6-7-25-22(30)24(3)23(31)26(25)16(14)10-15-20(19)18(28)9-12(2)21(15)29/h4-6,8-9,16,19,27H,7,10H2,1-3H3. The number of aryl methyl sites for hydroxylation is 1. The fourth-order valence-electron chi connectivity index (χ4n) is 5.00. The summed E-state index contributed by atoms with van der Waals surface area (Å²) >= 11 is 0. The molecular weight excluding hydrogens is 398 g/mol. The monoisotopic (exact) mass is 419 g/mol. The van der Waals surface area contributed by atoms with Gasteiger partial charge in [0.15, 0.2) is 11.6 Å². The van der Waals surface area contributed by atoms with Crippen LogP contribution in [0, 0.1) is 6.92 Å². The molecule has 0 radical (unpaired) electrons. The number of benzene rings is 1. The van der Waals surface area contributed by atoms with E-state index in [0.717, 1.165) is 15.7 Å². The number of carbonyl (C=O) groups is 2. The number of hydrogen-bond donors (Lipinski definition) is 1. The summed E-state index contributed by atoms with van der Waals surface area (Å²) in [7, 11) is 1.43. The SMILES string of the molecule is CC1=CC(=O)C2=C(CC3C(=CCn4c(=O)n(C)c(=O)n43)C2c2ccc(O)c(C)c2)C1=O. The minimum atomic E-state index is -0.546. The first-order chi connectivity index (χ1) is 14.7. The maximum absolute atomic E-state index is 13.1. The van der Waals surface area contributed by atoms with Gasteiger partial charge in [0, 0.05) is 36.1 Å². The zero-order valence-electron chi connectivity index (χ0n) is 17.4. The maximum atomic E-state index is 13.1. The van der Waals surface area contributed by atoms with E-state index in [1.54, 1.807) is 32.0 Å². The van der Waals surface area contributed by atoms with E-state index in [1.807, 2.05) is 6.08 Å². The van der Waals surface area contributed by atoms with E-state index in [1.165, 1.54) is 22.5 Å². The zero-order chi connectivity index (χ0) is 22.2. The van der Waals surface area contributed by atoms with Gasteiger partial charge < -0.3 is 5.11 Å². The smallest absolute Gasteiger partial charge is 0.347 e. The fraction of sp³-hybridized carbons (Fsp3) is 0.304. The first kappa shape index (κ1) is 19.3. The van der Waals surface area contributed by atoms with Crippen molar-refractivity contribution in [3.8, 4) is 5.75 Å². The Hall–Kier alpha value is -3.68. The predicted molar refractivity (Wildman–Crippen MR) is 112 cm³/mol. The summed E-state index contributed by atoms with van der Waals surface area (Å²) in [6.45, 7) is 3.58. The molecule has 0 saturated heterocycles. The minimum Gasteiger partial charge on any atom is -0.508 e. The van der Waals surface area contributed by atoms with Crippen molar-refractivity contribution in [3.63, 3.8) is 0 Å². The molecule has 5 rings (SSSR count). The molecule has 1 aromatic heterocycles. The number of carbonyl (C=O) groups excluding carboxylic acids is 2. The van der Waals surface area contributed by atoms with Crippen molar-refractivity contribution < 1.29 is 14.7 Å². The number of fused-ring (bicyclic) bond motifs is 3. The zero-order valence-corrected chi connectivity index (χ0v) is 17.4. The highest BCUT2D eigenvalue weighted by Gasteiger charge is 2.44. The summed E-state index contributed by atoms with van der Waals surface area (Å²) in [5.74, 6) is -0.828. The number of Topliss-reactive ketones (excluding diaryl/α,β-unsaturated/α-hetero) is 1. The molecule has 31 heavy (non-hydrogen) atoms. The maximum Gasteiger partial charge on any atom is 0.347 e. The second-order valence-electron chi connectivity index (χ2n) is 8.37. The molecule has 2 aliphatic carbocycles. The van der Waals surface area contributed by atoms with E-state index in [-0.39, 0.29) is 30.3 Å². The summed E-state index contributed by atoms with van der Waals surface area (Å²) in [6.07, 6.45) is 3.43. The van der Waals surface area contributed by atoms with Gasteiger partial charge in [-0.15, -0.1) is 0 Å². The van der Waals surface area contributed by atoms with E-state index < -0.39 is 23.3 Å². The highest BCUT2D eigenvalue weighted by Crippen LogP contribution is 2.49. The van der Waals surface area contributed by atoms with Gasteiger partial charge in [-0.2, -0.15) is 0 Å². The molecule has 2 atom stereocenters. The van der Waals surface area contributed by atoms with Gasteiger partial charge in [0.1, 0.15) is 5.75 Å². The molecule has 1 aromatic carbocycles. The van der Waals surface area contributed by atoms with Gasteiger partial charge in [-0.25, -0.2) is 23.5 Å². The van der Waals surface area contributed by atoms with Gasteiger partial charge in [-0.3, -0.25) is 9.59 Å². The lowest BCUT2D eigenvalue weighted by Gasteiger charge is -2.39. The summed E-state index contributed by atoms with van der Waals surface area (Å²) in [5, 5.41) is 9.99. The second kappa shape index (κ2) is 6.41. The lowest BCUT2D eigenvalue weighted by molar-refractivity contribution is -0.116. The third kappa shape index (κ3) is 2.54. The van der Waals surface area contributed by atoms with Gasteiger partial charge >= 0.3 is 11.4 Å². The predicted octanol–water partition coefficient (Wildman–Crippen LogP) is 1.43. The molecule has 8 nitrogen and oxygen atoms in total. The van der Waals surface area contributed by atoms with E-state index in [2.05, 4.69) is 0 Å². The molecule has 1 aliphatic heterocycles. The number of aromatic nitrogens is 3. The number of rotatable bonds is 1. The van der Waals surface area contributed by atoms with Gasteiger partial charge in [0.2, 0.25) is 0 Å². The van der Waals surface area contributed by atoms with E-state index in [0.29, 0.717) is 22.3 Å². The Morgan fingerprint density at radius 2 is 1.81 bits per heavy atom. The quantitative estimate of drug-likeness (QED) is 0.556. The Balaban J connectivity index is 1.80. The summed E-state index contributed by atoms with van der Waals surface area (Å²) in [6, 6.07) is 4.56. The highest BCUT2D eigenvalue weighted by molar-refractivity contribution is 6.23. The third-order valence-corrected chi connectivity index (χ3v) is 6.57. The molecular formula is C23H21N3O5. The molecule has 0 fully saturated rings. The highest BCUT2D eigenvalue weighted by atomic mass is 16.3. The molecule has 0 spiro atoms. The number of nitrogens with zero attached hydrogens (tertiary/aromatic N) is 3. The largest absolute Gasteiger partial charge is 0.508 e. The molecule has 3 aliphatic rings. The molecule has 0 amide bonds. The van der Waals surface area contributed by atoms with Crippen molar-refractivity contribution in [1.29, 1.82) is 0 Å². The Bertz CT molecular complexity index is 1410. The van der Waals surface area contributed by atoms with Crippen LogP contribution >= 0.6 is 0 Å². The molecule has 2 aromatic rings. The normalized spacial score (nSPS) is 22.5. The number of phenolic OH excluding ortho intramolecular Hbond substituents is 1. The van der Waals surface area contributed by atoms with Crippen LogP contribution in [0.15, 0.2) is 62.2 Å². The van der Waals surface area contributed by atoms with Crippen LogP contribution in [0.4, 0.5) is 0 Å². The van der Waals surface area contributed by atoms with Crippen LogP contribution in [0.3, 0.4) is 0 Å². The van der Waals surface area contributed by atoms with Crippen molar-refractivity contribution in [2.24, 2.45) is 7.05 Å².